The molecule has 3 aromatic carbocycles. The highest BCUT2D eigenvalue weighted by Gasteiger charge is 2.49. The average Bonchev–Trinajstić information content (AvgIpc) is 3.05. The lowest BCUT2D eigenvalue weighted by Crippen LogP contribution is -2.59. The second-order valence-corrected chi connectivity index (χ2v) is 14.6. The maximum atomic E-state index is 14.5. The first kappa shape index (κ1) is 35.6. The van der Waals surface area contributed by atoms with Gasteiger partial charge in [-0.3, -0.25) is 19.2 Å². The molecule has 2 N–H and O–H groups in total. The second kappa shape index (κ2) is 15.3. The molecule has 3 aromatic rings. The van der Waals surface area contributed by atoms with Crippen LogP contribution in [0.5, 0.6) is 5.75 Å². The van der Waals surface area contributed by atoms with E-state index in [9.17, 15) is 22.8 Å². The van der Waals surface area contributed by atoms with Gasteiger partial charge in [0, 0.05) is 27.7 Å². The molecule has 0 bridgehead atoms. The third-order valence-electron chi connectivity index (χ3n) is 8.70. The maximum absolute atomic E-state index is 14.5. The number of amides is 2. The van der Waals surface area contributed by atoms with Gasteiger partial charge < -0.3 is 14.4 Å². The van der Waals surface area contributed by atoms with Gasteiger partial charge >= 0.3 is 5.97 Å². The van der Waals surface area contributed by atoms with Crippen molar-refractivity contribution in [3.63, 3.8) is 0 Å². The third kappa shape index (κ3) is 8.12. The number of nitrogens with zero attached hydrogens (tertiary/aromatic N) is 1. The lowest BCUT2D eigenvalue weighted by Gasteiger charge is -2.49. The molecule has 1 saturated carbocycles. The fourth-order valence-corrected chi connectivity index (χ4v) is 7.88. The number of esters is 1. The molecular formula is C34H37Cl2N3O8S. The molecule has 1 unspecified atom stereocenters. The predicted octanol–water partition coefficient (Wildman–Crippen LogP) is 5.11. The van der Waals surface area contributed by atoms with Gasteiger partial charge in [-0.2, -0.15) is 0 Å². The van der Waals surface area contributed by atoms with Crippen LogP contribution in [0.2, 0.25) is 10.0 Å². The molecular weight excluding hydrogens is 681 g/mol. The van der Waals surface area contributed by atoms with E-state index in [1.807, 2.05) is 0 Å². The molecule has 2 aliphatic rings. The van der Waals surface area contributed by atoms with Gasteiger partial charge in [-0.15, -0.1) is 0 Å². The zero-order chi connectivity index (χ0) is 34.6. The van der Waals surface area contributed by atoms with Gasteiger partial charge in [0.2, 0.25) is 10.0 Å². The first-order valence-electron chi connectivity index (χ1n) is 15.4. The molecule has 1 heterocycles. The standard InChI is InChI=1S/C34H37Cl2N3O8S/c1-45-23-13-15-24-26(18-23)31(33(41)37-47-19-21-10-8-20(9-11-21)16-30(40)46-2)32(25-14-12-22(35)17-27(25)36)39(34(24)42)29-7-5-4-6-28(29)38-48(3,43)44/h8-15,17-18,28-29,31-32,38H,4-7,16,19H2,1-3H3,(H,37,41)/t28-,29?,31+,32-/m0/s1. The maximum Gasteiger partial charge on any atom is 0.309 e. The largest absolute Gasteiger partial charge is 0.497 e. The number of hydrogen-bond donors (Lipinski definition) is 2. The molecule has 0 saturated heterocycles. The van der Waals surface area contributed by atoms with Crippen molar-refractivity contribution in [3.8, 4) is 5.75 Å². The van der Waals surface area contributed by atoms with Gasteiger partial charge in [-0.1, -0.05) is 66.4 Å². The van der Waals surface area contributed by atoms with Gasteiger partial charge in [-0.25, -0.2) is 18.6 Å². The zero-order valence-electron chi connectivity index (χ0n) is 26.7. The Morgan fingerprint density at radius 2 is 1.65 bits per heavy atom. The molecule has 1 aliphatic carbocycles. The fourth-order valence-electron chi connectivity index (χ4n) is 6.53. The Labute approximate surface area is 289 Å². The number of rotatable bonds is 11. The Morgan fingerprint density at radius 3 is 2.31 bits per heavy atom. The lowest BCUT2D eigenvalue weighted by molar-refractivity contribution is -0.140. The van der Waals surface area contributed by atoms with E-state index in [0.717, 1.165) is 30.2 Å². The van der Waals surface area contributed by atoms with Crippen molar-refractivity contribution in [3.05, 3.63) is 98.5 Å². The van der Waals surface area contributed by atoms with Crippen LogP contribution in [-0.4, -0.2) is 63.7 Å². The summed E-state index contributed by atoms with van der Waals surface area (Å²) < 4.78 is 37.8. The van der Waals surface area contributed by atoms with Crippen molar-refractivity contribution in [2.45, 2.75) is 62.8 Å². The number of benzene rings is 3. The molecule has 0 spiro atoms. The summed E-state index contributed by atoms with van der Waals surface area (Å²) in [6, 6.07) is 14.7. The van der Waals surface area contributed by atoms with Crippen LogP contribution in [0.1, 0.15) is 70.3 Å². The number of carbonyl (C=O) groups excluding carboxylic acids is 3. The summed E-state index contributed by atoms with van der Waals surface area (Å²) >= 11 is 13.1. The summed E-state index contributed by atoms with van der Waals surface area (Å²) in [4.78, 5) is 47.8. The van der Waals surface area contributed by atoms with Gasteiger partial charge in [0.1, 0.15) is 5.75 Å². The van der Waals surface area contributed by atoms with Crippen LogP contribution in [0, 0.1) is 0 Å². The predicted molar refractivity (Wildman–Crippen MR) is 180 cm³/mol. The van der Waals surface area contributed by atoms with Crippen molar-refractivity contribution in [2.75, 3.05) is 20.5 Å². The van der Waals surface area contributed by atoms with E-state index in [2.05, 4.69) is 10.2 Å². The molecule has 2 amide bonds. The quantitative estimate of drug-likeness (QED) is 0.206. The average molecular weight is 719 g/mol. The van der Waals surface area contributed by atoms with Gasteiger partial charge in [0.25, 0.3) is 11.8 Å². The van der Waals surface area contributed by atoms with Crippen LogP contribution < -0.4 is 14.9 Å². The topological polar surface area (TPSA) is 140 Å². The Hall–Kier alpha value is -3.68. The molecule has 11 nitrogen and oxygen atoms in total. The summed E-state index contributed by atoms with van der Waals surface area (Å²) in [7, 11) is -0.809. The number of hydroxylamine groups is 1. The molecule has 5 rings (SSSR count). The number of nitrogens with one attached hydrogen (secondary N) is 2. The number of methoxy groups -OCH3 is 2. The third-order valence-corrected chi connectivity index (χ3v) is 9.99. The van der Waals surface area contributed by atoms with Crippen LogP contribution in [0.25, 0.3) is 0 Å². The van der Waals surface area contributed by atoms with E-state index < -0.39 is 40.0 Å². The first-order chi connectivity index (χ1) is 22.9. The number of hydrogen-bond acceptors (Lipinski definition) is 8. The Bertz CT molecular complexity index is 1790. The van der Waals surface area contributed by atoms with Crippen molar-refractivity contribution < 1.29 is 37.1 Å². The summed E-state index contributed by atoms with van der Waals surface area (Å²) in [6.45, 7) is 0.0138. The van der Waals surface area contributed by atoms with Gasteiger partial charge in [0.15, 0.2) is 0 Å². The molecule has 48 heavy (non-hydrogen) atoms. The van der Waals surface area contributed by atoms with E-state index in [-0.39, 0.29) is 35.5 Å². The smallest absolute Gasteiger partial charge is 0.309 e. The van der Waals surface area contributed by atoms with Crippen molar-refractivity contribution in [1.29, 1.82) is 0 Å². The number of halogens is 2. The van der Waals surface area contributed by atoms with E-state index in [1.54, 1.807) is 65.6 Å². The first-order valence-corrected chi connectivity index (χ1v) is 18.0. The summed E-state index contributed by atoms with van der Waals surface area (Å²) in [5.41, 5.74) is 5.23. The molecule has 14 heteroatoms. The van der Waals surface area contributed by atoms with Crippen LogP contribution >= 0.6 is 23.2 Å². The van der Waals surface area contributed by atoms with Crippen LogP contribution in [0.3, 0.4) is 0 Å². The molecule has 1 aliphatic heterocycles. The highest BCUT2D eigenvalue weighted by Crippen LogP contribution is 2.48. The monoisotopic (exact) mass is 717 g/mol. The Morgan fingerprint density at radius 1 is 0.938 bits per heavy atom. The minimum absolute atomic E-state index is 0.0138. The number of sulfonamides is 1. The molecule has 4 atom stereocenters. The van der Waals surface area contributed by atoms with Crippen molar-refractivity contribution in [1.82, 2.24) is 15.1 Å². The highest BCUT2D eigenvalue weighted by molar-refractivity contribution is 7.88. The molecule has 0 radical (unpaired) electrons. The van der Waals surface area contributed by atoms with Crippen LogP contribution in [0.4, 0.5) is 0 Å². The highest BCUT2D eigenvalue weighted by atomic mass is 35.5. The summed E-state index contributed by atoms with van der Waals surface area (Å²) in [5, 5.41) is 0.613. The van der Waals surface area contributed by atoms with E-state index in [0.29, 0.717) is 34.7 Å². The molecule has 1 fully saturated rings. The van der Waals surface area contributed by atoms with Gasteiger partial charge in [0.05, 0.1) is 45.5 Å². The van der Waals surface area contributed by atoms with Gasteiger partial charge in [-0.05, 0) is 65.4 Å². The molecule has 256 valence electrons. The van der Waals surface area contributed by atoms with Crippen LogP contribution in [-0.2, 0) is 42.2 Å². The van der Waals surface area contributed by atoms with E-state index in [4.69, 9.17) is 37.5 Å². The fraction of sp³-hybridized carbons (Fsp3) is 0.382. The SMILES string of the molecule is COC(=O)Cc1ccc(CONC(=O)[C@@H]2c3cc(OC)ccc3C(=O)N(C3CCCC[C@@H]3NS(C)(=O)=O)[C@H]2c2ccc(Cl)cc2Cl)cc1. The zero-order valence-corrected chi connectivity index (χ0v) is 29.0. The number of fused-ring (bicyclic) bond motifs is 1. The van der Waals surface area contributed by atoms with Crippen LogP contribution in [0.15, 0.2) is 60.7 Å². The lowest BCUT2D eigenvalue weighted by atomic mass is 9.76. The van der Waals surface area contributed by atoms with E-state index in [1.165, 1.54) is 14.2 Å². The summed E-state index contributed by atoms with van der Waals surface area (Å²) in [6.07, 6.45) is 3.76. The summed E-state index contributed by atoms with van der Waals surface area (Å²) in [5.74, 6) is -1.88. The minimum atomic E-state index is -3.63. The Balaban J connectivity index is 1.54. The number of carbonyl (C=O) groups is 3. The van der Waals surface area contributed by atoms with Crippen molar-refractivity contribution >= 4 is 51.0 Å². The van der Waals surface area contributed by atoms with E-state index >= 15 is 0 Å². The second-order valence-electron chi connectivity index (χ2n) is 11.9. The minimum Gasteiger partial charge on any atom is -0.497 e. The van der Waals surface area contributed by atoms with Crippen molar-refractivity contribution in [2.24, 2.45) is 0 Å². The normalized spacial score (nSPS) is 20.9. The molecule has 0 aromatic heterocycles. The Kier molecular flexibility index (Phi) is 11.3. The number of ether oxygens (including phenoxy) is 2.